The zero-order valence-electron chi connectivity index (χ0n) is 10.7. The van der Waals surface area contributed by atoms with Gasteiger partial charge in [-0.25, -0.2) is 8.78 Å². The summed E-state index contributed by atoms with van der Waals surface area (Å²) in [6.07, 6.45) is 4.49. The third-order valence-corrected chi connectivity index (χ3v) is 4.18. The SMILES string of the molecule is CCC1CCCCC1C(O)c1ccc(F)cc1F. The summed E-state index contributed by atoms with van der Waals surface area (Å²) in [5.41, 5.74) is 0.238. The summed E-state index contributed by atoms with van der Waals surface area (Å²) in [7, 11) is 0. The van der Waals surface area contributed by atoms with Gasteiger partial charge < -0.3 is 5.11 Å². The molecular weight excluding hydrogens is 234 g/mol. The lowest BCUT2D eigenvalue weighted by Crippen LogP contribution is -2.25. The van der Waals surface area contributed by atoms with Gasteiger partial charge >= 0.3 is 0 Å². The minimum atomic E-state index is -0.809. The zero-order chi connectivity index (χ0) is 13.1. The van der Waals surface area contributed by atoms with Crippen LogP contribution in [0.15, 0.2) is 18.2 Å². The highest BCUT2D eigenvalue weighted by atomic mass is 19.1. The summed E-state index contributed by atoms with van der Waals surface area (Å²) in [6.45, 7) is 2.11. The molecule has 1 aliphatic carbocycles. The van der Waals surface area contributed by atoms with Crippen LogP contribution in [0, 0.1) is 23.5 Å². The first-order chi connectivity index (χ1) is 8.63. The monoisotopic (exact) mass is 254 g/mol. The zero-order valence-corrected chi connectivity index (χ0v) is 10.7. The molecule has 2 rings (SSSR count). The van der Waals surface area contributed by atoms with Gasteiger partial charge in [-0.05, 0) is 24.3 Å². The van der Waals surface area contributed by atoms with E-state index in [4.69, 9.17) is 0 Å². The molecule has 100 valence electrons. The highest BCUT2D eigenvalue weighted by Gasteiger charge is 2.31. The van der Waals surface area contributed by atoms with Crippen LogP contribution in [0.1, 0.15) is 50.7 Å². The number of rotatable bonds is 3. The third kappa shape index (κ3) is 2.72. The van der Waals surface area contributed by atoms with E-state index in [9.17, 15) is 13.9 Å². The standard InChI is InChI=1S/C15H20F2O/c1-2-10-5-3-4-6-12(10)15(18)13-8-7-11(16)9-14(13)17/h7-10,12,15,18H,2-6H2,1H3. The van der Waals surface area contributed by atoms with Crippen molar-refractivity contribution in [3.63, 3.8) is 0 Å². The highest BCUT2D eigenvalue weighted by Crippen LogP contribution is 2.40. The van der Waals surface area contributed by atoms with Crippen LogP contribution < -0.4 is 0 Å². The number of hydrogen-bond acceptors (Lipinski definition) is 1. The van der Waals surface area contributed by atoms with Crippen LogP contribution in [0.3, 0.4) is 0 Å². The summed E-state index contributed by atoms with van der Waals surface area (Å²) < 4.78 is 26.6. The largest absolute Gasteiger partial charge is 0.388 e. The molecule has 1 fully saturated rings. The molecule has 0 bridgehead atoms. The molecule has 1 aliphatic rings. The Morgan fingerprint density at radius 2 is 2.00 bits per heavy atom. The minimum absolute atomic E-state index is 0.101. The molecule has 18 heavy (non-hydrogen) atoms. The van der Waals surface area contributed by atoms with E-state index in [0.29, 0.717) is 5.92 Å². The quantitative estimate of drug-likeness (QED) is 0.856. The van der Waals surface area contributed by atoms with Crippen LogP contribution in [0.5, 0.6) is 0 Å². The number of aliphatic hydroxyl groups excluding tert-OH is 1. The fraction of sp³-hybridized carbons (Fsp3) is 0.600. The molecule has 3 heteroatoms. The van der Waals surface area contributed by atoms with Gasteiger partial charge in [-0.1, -0.05) is 38.7 Å². The molecule has 3 atom stereocenters. The molecule has 0 amide bonds. The lowest BCUT2D eigenvalue weighted by atomic mass is 9.73. The molecule has 1 nitrogen and oxygen atoms in total. The van der Waals surface area contributed by atoms with E-state index in [2.05, 4.69) is 6.92 Å². The number of benzene rings is 1. The Morgan fingerprint density at radius 1 is 1.28 bits per heavy atom. The smallest absolute Gasteiger partial charge is 0.131 e. The Hall–Kier alpha value is -0.960. The lowest BCUT2D eigenvalue weighted by Gasteiger charge is -2.34. The fourth-order valence-electron chi connectivity index (χ4n) is 3.13. The molecule has 0 radical (unpaired) electrons. The maximum absolute atomic E-state index is 13.7. The normalized spacial score (nSPS) is 26.0. The van der Waals surface area contributed by atoms with Crippen LogP contribution in [-0.4, -0.2) is 5.11 Å². The Balaban J connectivity index is 2.20. The van der Waals surface area contributed by atoms with Crippen LogP contribution in [0.2, 0.25) is 0 Å². The molecule has 0 aliphatic heterocycles. The average Bonchev–Trinajstić information content (AvgIpc) is 2.38. The van der Waals surface area contributed by atoms with Gasteiger partial charge in [0.05, 0.1) is 6.10 Å². The van der Waals surface area contributed by atoms with Crippen LogP contribution >= 0.6 is 0 Å². The van der Waals surface area contributed by atoms with Crippen LogP contribution in [-0.2, 0) is 0 Å². The first kappa shape index (κ1) is 13.5. The summed E-state index contributed by atoms with van der Waals surface area (Å²) in [5, 5.41) is 10.4. The predicted molar refractivity (Wildman–Crippen MR) is 67.1 cm³/mol. The second kappa shape index (κ2) is 5.79. The Bertz CT molecular complexity index is 405. The maximum atomic E-state index is 13.7. The van der Waals surface area contributed by atoms with Crippen LogP contribution in [0.25, 0.3) is 0 Å². The molecule has 0 heterocycles. The molecule has 0 saturated heterocycles. The van der Waals surface area contributed by atoms with E-state index in [-0.39, 0.29) is 11.5 Å². The Kier molecular flexibility index (Phi) is 4.33. The topological polar surface area (TPSA) is 20.2 Å². The minimum Gasteiger partial charge on any atom is -0.388 e. The Morgan fingerprint density at radius 3 is 2.67 bits per heavy atom. The number of halogens is 2. The molecule has 0 spiro atoms. The summed E-state index contributed by atoms with van der Waals surface area (Å²) in [4.78, 5) is 0. The van der Waals surface area contributed by atoms with Crippen molar-refractivity contribution in [1.29, 1.82) is 0 Å². The maximum Gasteiger partial charge on any atom is 0.131 e. The van der Waals surface area contributed by atoms with Crippen molar-refractivity contribution in [3.05, 3.63) is 35.4 Å². The third-order valence-electron chi connectivity index (χ3n) is 4.18. The summed E-state index contributed by atoms with van der Waals surface area (Å²) in [5.74, 6) is -0.691. The van der Waals surface area contributed by atoms with E-state index in [0.717, 1.165) is 31.7 Å². The molecule has 3 unspecified atom stereocenters. The summed E-state index contributed by atoms with van der Waals surface area (Å²) >= 11 is 0. The van der Waals surface area contributed by atoms with Gasteiger partial charge in [-0.2, -0.15) is 0 Å². The lowest BCUT2D eigenvalue weighted by molar-refractivity contribution is 0.0426. The predicted octanol–water partition coefficient (Wildman–Crippen LogP) is 4.21. The molecule has 1 N–H and O–H groups in total. The van der Waals surface area contributed by atoms with Gasteiger partial charge in [0.1, 0.15) is 11.6 Å². The van der Waals surface area contributed by atoms with E-state index in [1.54, 1.807) is 0 Å². The van der Waals surface area contributed by atoms with Crippen molar-refractivity contribution in [2.75, 3.05) is 0 Å². The van der Waals surface area contributed by atoms with Crippen molar-refractivity contribution >= 4 is 0 Å². The van der Waals surface area contributed by atoms with Gasteiger partial charge in [0.25, 0.3) is 0 Å². The van der Waals surface area contributed by atoms with Gasteiger partial charge in [0, 0.05) is 11.6 Å². The van der Waals surface area contributed by atoms with Crippen molar-refractivity contribution in [1.82, 2.24) is 0 Å². The van der Waals surface area contributed by atoms with Crippen molar-refractivity contribution < 1.29 is 13.9 Å². The Labute approximate surface area is 107 Å². The molecule has 1 aromatic rings. The molecule has 0 aromatic heterocycles. The van der Waals surface area contributed by atoms with Crippen molar-refractivity contribution in [2.45, 2.75) is 45.1 Å². The summed E-state index contributed by atoms with van der Waals surface area (Å²) in [6, 6.07) is 3.43. The van der Waals surface area contributed by atoms with Crippen molar-refractivity contribution in [3.8, 4) is 0 Å². The second-order valence-corrected chi connectivity index (χ2v) is 5.23. The molecule has 1 saturated carbocycles. The van der Waals surface area contributed by atoms with Gasteiger partial charge in [-0.3, -0.25) is 0 Å². The van der Waals surface area contributed by atoms with Crippen LogP contribution in [0.4, 0.5) is 8.78 Å². The van der Waals surface area contributed by atoms with E-state index >= 15 is 0 Å². The fourth-order valence-corrected chi connectivity index (χ4v) is 3.13. The molecular formula is C15H20F2O. The highest BCUT2D eigenvalue weighted by molar-refractivity contribution is 5.21. The first-order valence-corrected chi connectivity index (χ1v) is 6.76. The van der Waals surface area contributed by atoms with E-state index < -0.39 is 17.7 Å². The van der Waals surface area contributed by atoms with Crippen molar-refractivity contribution in [2.24, 2.45) is 11.8 Å². The van der Waals surface area contributed by atoms with Gasteiger partial charge in [0.2, 0.25) is 0 Å². The van der Waals surface area contributed by atoms with E-state index in [1.807, 2.05) is 0 Å². The number of hydrogen-bond donors (Lipinski definition) is 1. The second-order valence-electron chi connectivity index (χ2n) is 5.23. The average molecular weight is 254 g/mol. The van der Waals surface area contributed by atoms with Gasteiger partial charge in [0.15, 0.2) is 0 Å². The molecule has 1 aromatic carbocycles. The van der Waals surface area contributed by atoms with E-state index in [1.165, 1.54) is 18.6 Å². The first-order valence-electron chi connectivity index (χ1n) is 6.76. The number of aliphatic hydroxyl groups is 1. The van der Waals surface area contributed by atoms with Gasteiger partial charge in [-0.15, -0.1) is 0 Å².